The van der Waals surface area contributed by atoms with Gasteiger partial charge in [0, 0.05) is 48.7 Å². The second-order valence-corrected chi connectivity index (χ2v) is 9.42. The lowest BCUT2D eigenvalue weighted by Crippen LogP contribution is -2.51. The van der Waals surface area contributed by atoms with Crippen LogP contribution in [0.2, 0.25) is 0 Å². The molecule has 2 aliphatic carbocycles. The van der Waals surface area contributed by atoms with Gasteiger partial charge in [-0.25, -0.2) is 0 Å². The van der Waals surface area contributed by atoms with Crippen molar-refractivity contribution in [1.29, 1.82) is 0 Å². The van der Waals surface area contributed by atoms with Crippen LogP contribution in [0.4, 0.5) is 0 Å². The third-order valence-corrected chi connectivity index (χ3v) is 7.46. The minimum Gasteiger partial charge on any atom is -0.396 e. The van der Waals surface area contributed by atoms with Gasteiger partial charge in [-0.15, -0.1) is 0 Å². The molecule has 0 bridgehead atoms. The molecule has 5 rings (SSSR count). The Kier molecular flexibility index (Phi) is 5.24. The standard InChI is InChI=1S/C24H31N3O4/c1-2-11-25-22(29)21-18(13-28)17-12-26-19(20(17)27(21)23(30)15-7-8-15)10-9-16(24(26)31)14-5-3-4-6-14/h5,9-10,15,17-18,20-21,28H,2-4,6-8,11-13H2,1H3,(H,25,29)/t17-,18-,20+,21-/m1/s1. The van der Waals surface area contributed by atoms with Gasteiger partial charge in [-0.2, -0.15) is 0 Å². The van der Waals surface area contributed by atoms with E-state index in [2.05, 4.69) is 11.4 Å². The topological polar surface area (TPSA) is 91.6 Å². The fraction of sp³-hybridized carbons (Fsp3) is 0.625. The van der Waals surface area contributed by atoms with Gasteiger partial charge in [0.25, 0.3) is 5.56 Å². The molecule has 2 fully saturated rings. The Morgan fingerprint density at radius 1 is 1.26 bits per heavy atom. The summed E-state index contributed by atoms with van der Waals surface area (Å²) in [5.74, 6) is -0.746. The minimum atomic E-state index is -0.680. The van der Waals surface area contributed by atoms with Crippen molar-refractivity contribution in [2.45, 2.75) is 64.1 Å². The first-order chi connectivity index (χ1) is 15.1. The third kappa shape index (κ3) is 3.25. The van der Waals surface area contributed by atoms with Crippen LogP contribution in [0.15, 0.2) is 23.0 Å². The number of carbonyl (C=O) groups is 2. The van der Waals surface area contributed by atoms with Gasteiger partial charge in [-0.05, 0) is 56.2 Å². The monoisotopic (exact) mass is 425 g/mol. The van der Waals surface area contributed by atoms with Crippen molar-refractivity contribution in [3.8, 4) is 0 Å². The maximum absolute atomic E-state index is 13.3. The summed E-state index contributed by atoms with van der Waals surface area (Å²) in [5.41, 5.74) is 2.65. The van der Waals surface area contributed by atoms with Gasteiger partial charge in [0.05, 0.1) is 6.04 Å². The molecule has 2 aliphatic heterocycles. The van der Waals surface area contributed by atoms with Crippen molar-refractivity contribution in [3.05, 3.63) is 39.8 Å². The van der Waals surface area contributed by atoms with Crippen LogP contribution in [0, 0.1) is 17.8 Å². The molecule has 2 N–H and O–H groups in total. The Morgan fingerprint density at radius 3 is 2.71 bits per heavy atom. The SMILES string of the molecule is CCCNC(=O)[C@H]1[C@H](CO)[C@H]2Cn3c(ccc(C4=CCCC4)c3=O)[C@H]2N1C(=O)C1CC1. The Bertz CT molecular complexity index is 993. The molecule has 7 nitrogen and oxygen atoms in total. The molecule has 0 unspecified atom stereocenters. The molecule has 0 spiro atoms. The number of hydrogen-bond donors (Lipinski definition) is 2. The fourth-order valence-electron chi connectivity index (χ4n) is 5.78. The molecule has 2 amide bonds. The molecule has 1 saturated carbocycles. The average Bonchev–Trinajstić information content (AvgIpc) is 3.20. The zero-order valence-electron chi connectivity index (χ0n) is 18.0. The predicted octanol–water partition coefficient (Wildman–Crippen LogP) is 1.84. The smallest absolute Gasteiger partial charge is 0.258 e. The zero-order valence-corrected chi connectivity index (χ0v) is 18.0. The van der Waals surface area contributed by atoms with E-state index in [1.807, 2.05) is 19.1 Å². The third-order valence-electron chi connectivity index (χ3n) is 7.46. The summed E-state index contributed by atoms with van der Waals surface area (Å²) in [4.78, 5) is 41.5. The molecular formula is C24H31N3O4. The van der Waals surface area contributed by atoms with E-state index in [9.17, 15) is 19.5 Å². The number of likely N-dealkylation sites (tertiary alicyclic amines) is 1. The van der Waals surface area contributed by atoms with Crippen molar-refractivity contribution in [3.63, 3.8) is 0 Å². The normalized spacial score (nSPS) is 29.0. The number of nitrogens with zero attached hydrogens (tertiary/aromatic N) is 2. The Labute approximate surface area is 182 Å². The van der Waals surface area contributed by atoms with Crippen molar-refractivity contribution >= 4 is 17.4 Å². The van der Waals surface area contributed by atoms with E-state index < -0.39 is 6.04 Å². The van der Waals surface area contributed by atoms with Crippen molar-refractivity contribution in [2.24, 2.45) is 17.8 Å². The molecule has 1 saturated heterocycles. The van der Waals surface area contributed by atoms with Crippen LogP contribution in [-0.2, 0) is 16.1 Å². The molecule has 166 valence electrons. The summed E-state index contributed by atoms with van der Waals surface area (Å²) >= 11 is 0. The second kappa shape index (κ2) is 7.93. The molecule has 4 aliphatic rings. The molecule has 0 aromatic carbocycles. The van der Waals surface area contributed by atoms with E-state index in [4.69, 9.17) is 0 Å². The van der Waals surface area contributed by atoms with E-state index in [1.165, 1.54) is 0 Å². The first-order valence-corrected chi connectivity index (χ1v) is 11.7. The first kappa shape index (κ1) is 20.5. The van der Waals surface area contributed by atoms with Crippen LogP contribution < -0.4 is 10.9 Å². The number of rotatable bonds is 6. The molecule has 3 heterocycles. The zero-order chi connectivity index (χ0) is 21.7. The highest BCUT2D eigenvalue weighted by atomic mass is 16.3. The summed E-state index contributed by atoms with van der Waals surface area (Å²) in [6, 6.07) is 2.85. The van der Waals surface area contributed by atoms with Gasteiger partial charge < -0.3 is 19.9 Å². The number of aliphatic hydroxyl groups excluding tert-OH is 1. The van der Waals surface area contributed by atoms with Crippen LogP contribution in [0.25, 0.3) is 5.57 Å². The Morgan fingerprint density at radius 2 is 2.06 bits per heavy atom. The van der Waals surface area contributed by atoms with Crippen LogP contribution >= 0.6 is 0 Å². The van der Waals surface area contributed by atoms with Crippen molar-refractivity contribution < 1.29 is 14.7 Å². The molecule has 0 radical (unpaired) electrons. The highest BCUT2D eigenvalue weighted by Crippen LogP contribution is 2.51. The minimum absolute atomic E-state index is 0.00826. The largest absolute Gasteiger partial charge is 0.396 e. The summed E-state index contributed by atoms with van der Waals surface area (Å²) in [6.45, 7) is 2.79. The fourth-order valence-corrected chi connectivity index (χ4v) is 5.78. The molecule has 4 atom stereocenters. The van der Waals surface area contributed by atoms with E-state index in [0.29, 0.717) is 13.1 Å². The average molecular weight is 426 g/mol. The van der Waals surface area contributed by atoms with Gasteiger partial charge in [0.1, 0.15) is 6.04 Å². The van der Waals surface area contributed by atoms with Crippen LogP contribution in [0.1, 0.15) is 62.7 Å². The molecule has 1 aromatic rings. The summed E-state index contributed by atoms with van der Waals surface area (Å²) in [7, 11) is 0. The van der Waals surface area contributed by atoms with Gasteiger partial charge in [0.2, 0.25) is 11.8 Å². The van der Waals surface area contributed by atoms with Gasteiger partial charge in [-0.3, -0.25) is 14.4 Å². The lowest BCUT2D eigenvalue weighted by Gasteiger charge is -2.31. The van der Waals surface area contributed by atoms with Crippen LogP contribution in [0.5, 0.6) is 0 Å². The van der Waals surface area contributed by atoms with Gasteiger partial charge in [0.15, 0.2) is 0 Å². The lowest BCUT2D eigenvalue weighted by molar-refractivity contribution is -0.142. The number of aliphatic hydroxyl groups is 1. The van der Waals surface area contributed by atoms with Crippen molar-refractivity contribution in [1.82, 2.24) is 14.8 Å². The lowest BCUT2D eigenvalue weighted by atomic mass is 9.88. The number of fused-ring (bicyclic) bond motifs is 3. The second-order valence-electron chi connectivity index (χ2n) is 9.42. The van der Waals surface area contributed by atoms with Gasteiger partial charge >= 0.3 is 0 Å². The number of aromatic nitrogens is 1. The first-order valence-electron chi connectivity index (χ1n) is 11.7. The number of pyridine rings is 1. The molecular weight excluding hydrogens is 394 g/mol. The number of nitrogens with one attached hydrogen (secondary N) is 1. The number of amides is 2. The van der Waals surface area contributed by atoms with E-state index >= 15 is 0 Å². The highest BCUT2D eigenvalue weighted by molar-refractivity contribution is 5.91. The maximum Gasteiger partial charge on any atom is 0.258 e. The van der Waals surface area contributed by atoms with Crippen molar-refractivity contribution in [2.75, 3.05) is 13.2 Å². The van der Waals surface area contributed by atoms with Crippen LogP contribution in [-0.4, -0.2) is 45.6 Å². The molecule has 1 aromatic heterocycles. The quantitative estimate of drug-likeness (QED) is 0.728. The van der Waals surface area contributed by atoms with E-state index in [0.717, 1.165) is 55.4 Å². The van der Waals surface area contributed by atoms with Gasteiger partial charge in [-0.1, -0.05) is 13.0 Å². The Hall–Kier alpha value is -2.41. The summed E-state index contributed by atoms with van der Waals surface area (Å²) in [6.07, 6.45) is 7.65. The van der Waals surface area contributed by atoms with E-state index in [1.54, 1.807) is 9.47 Å². The number of carbonyl (C=O) groups excluding carboxylic acids is 2. The maximum atomic E-state index is 13.3. The summed E-state index contributed by atoms with van der Waals surface area (Å²) in [5, 5.41) is 13.2. The Balaban J connectivity index is 1.56. The molecule has 31 heavy (non-hydrogen) atoms. The van der Waals surface area contributed by atoms with E-state index in [-0.39, 0.29) is 47.8 Å². The number of allylic oxidation sites excluding steroid dienone is 2. The predicted molar refractivity (Wildman–Crippen MR) is 116 cm³/mol. The number of hydrogen-bond acceptors (Lipinski definition) is 4. The molecule has 7 heteroatoms. The highest BCUT2D eigenvalue weighted by Gasteiger charge is 2.58. The van der Waals surface area contributed by atoms with Crippen LogP contribution in [0.3, 0.4) is 0 Å². The summed E-state index contributed by atoms with van der Waals surface area (Å²) < 4.78 is 1.79.